The van der Waals surface area contributed by atoms with E-state index in [-0.39, 0.29) is 5.91 Å². The van der Waals surface area contributed by atoms with Crippen molar-refractivity contribution in [3.8, 4) is 11.3 Å². The molecular formula is C23H27N5O3. The van der Waals surface area contributed by atoms with Gasteiger partial charge in [0.15, 0.2) is 0 Å². The number of nitrogens with zero attached hydrogens (tertiary/aromatic N) is 3. The molecular weight excluding hydrogens is 394 g/mol. The van der Waals surface area contributed by atoms with Gasteiger partial charge in [0.25, 0.3) is 0 Å². The molecule has 0 radical (unpaired) electrons. The normalized spacial score (nSPS) is 12.1. The number of anilines is 1. The molecule has 0 aliphatic carbocycles. The van der Waals surface area contributed by atoms with E-state index in [1.165, 1.54) is 0 Å². The van der Waals surface area contributed by atoms with Crippen molar-refractivity contribution in [2.24, 2.45) is 7.05 Å². The first-order chi connectivity index (χ1) is 14.7. The number of benzene rings is 1. The van der Waals surface area contributed by atoms with Crippen molar-refractivity contribution in [2.45, 2.75) is 38.8 Å². The molecule has 0 aliphatic heterocycles. The molecule has 2 N–H and O–H groups in total. The smallest absolute Gasteiger partial charge is 0.408 e. The van der Waals surface area contributed by atoms with Crippen LogP contribution in [0, 0.1) is 0 Å². The molecule has 1 aromatic carbocycles. The van der Waals surface area contributed by atoms with Crippen LogP contribution in [-0.2, 0) is 23.0 Å². The van der Waals surface area contributed by atoms with Crippen LogP contribution in [0.5, 0.6) is 0 Å². The average Bonchev–Trinajstić information content (AvgIpc) is 3.08. The van der Waals surface area contributed by atoms with Crippen molar-refractivity contribution in [3.05, 3.63) is 66.5 Å². The maximum Gasteiger partial charge on any atom is 0.408 e. The molecule has 3 rings (SSSR count). The van der Waals surface area contributed by atoms with E-state index < -0.39 is 17.7 Å². The van der Waals surface area contributed by atoms with E-state index in [4.69, 9.17) is 4.74 Å². The van der Waals surface area contributed by atoms with Gasteiger partial charge in [-0.15, -0.1) is 0 Å². The Kier molecular flexibility index (Phi) is 6.69. The van der Waals surface area contributed by atoms with E-state index in [1.54, 1.807) is 51.0 Å². The van der Waals surface area contributed by atoms with E-state index >= 15 is 0 Å². The molecule has 0 unspecified atom stereocenters. The molecule has 3 aromatic rings. The molecule has 0 saturated carbocycles. The summed E-state index contributed by atoms with van der Waals surface area (Å²) in [5.41, 5.74) is 1.85. The zero-order valence-electron chi connectivity index (χ0n) is 18.1. The molecule has 8 nitrogen and oxygen atoms in total. The van der Waals surface area contributed by atoms with Gasteiger partial charge in [0.2, 0.25) is 5.91 Å². The first kappa shape index (κ1) is 22.0. The van der Waals surface area contributed by atoms with Crippen molar-refractivity contribution in [3.63, 3.8) is 0 Å². The number of alkyl carbamates (subject to hydrolysis) is 1. The molecule has 31 heavy (non-hydrogen) atoms. The zero-order chi connectivity index (χ0) is 22.4. The summed E-state index contributed by atoms with van der Waals surface area (Å²) in [4.78, 5) is 29.4. The monoisotopic (exact) mass is 421 g/mol. The third-order valence-corrected chi connectivity index (χ3v) is 4.40. The molecule has 162 valence electrons. The summed E-state index contributed by atoms with van der Waals surface area (Å²) >= 11 is 0. The minimum Gasteiger partial charge on any atom is -0.444 e. The number of amides is 2. The van der Waals surface area contributed by atoms with Crippen molar-refractivity contribution in [1.29, 1.82) is 0 Å². The minimum atomic E-state index is -0.823. The lowest BCUT2D eigenvalue weighted by Gasteiger charge is -2.23. The maximum absolute atomic E-state index is 13.1. The largest absolute Gasteiger partial charge is 0.444 e. The van der Waals surface area contributed by atoms with Crippen LogP contribution in [0.4, 0.5) is 10.6 Å². The highest BCUT2D eigenvalue weighted by Gasteiger charge is 2.25. The zero-order valence-corrected chi connectivity index (χ0v) is 18.1. The number of carbonyl (C=O) groups excluding carboxylic acids is 2. The van der Waals surface area contributed by atoms with Crippen LogP contribution in [0.3, 0.4) is 0 Å². The van der Waals surface area contributed by atoms with Crippen LogP contribution < -0.4 is 10.6 Å². The van der Waals surface area contributed by atoms with E-state index in [2.05, 4.69) is 20.7 Å². The highest BCUT2D eigenvalue weighted by molar-refractivity contribution is 5.96. The molecule has 0 spiro atoms. The summed E-state index contributed by atoms with van der Waals surface area (Å²) in [5, 5.41) is 10.0. The molecule has 2 aromatic heterocycles. The Balaban J connectivity index is 1.77. The first-order valence-corrected chi connectivity index (χ1v) is 10.00. The maximum atomic E-state index is 13.1. The van der Waals surface area contributed by atoms with Crippen LogP contribution in [0.2, 0.25) is 0 Å². The van der Waals surface area contributed by atoms with Crippen LogP contribution in [0.15, 0.2) is 60.9 Å². The van der Waals surface area contributed by atoms with Crippen LogP contribution in [-0.4, -0.2) is 38.4 Å². The number of pyridine rings is 1. The number of aryl methyl sites for hydroxylation is 1. The summed E-state index contributed by atoms with van der Waals surface area (Å²) in [6.07, 6.45) is 3.04. The number of aromatic nitrogens is 3. The van der Waals surface area contributed by atoms with E-state index in [9.17, 15) is 9.59 Å². The van der Waals surface area contributed by atoms with E-state index in [0.29, 0.717) is 17.9 Å². The second-order valence-corrected chi connectivity index (χ2v) is 8.15. The molecule has 2 amide bonds. The Morgan fingerprint density at radius 2 is 1.77 bits per heavy atom. The molecule has 8 heteroatoms. The van der Waals surface area contributed by atoms with Gasteiger partial charge in [0, 0.05) is 37.5 Å². The van der Waals surface area contributed by atoms with Gasteiger partial charge >= 0.3 is 6.09 Å². The lowest BCUT2D eigenvalue weighted by atomic mass is 10.1. The van der Waals surface area contributed by atoms with E-state index in [1.807, 2.05) is 42.5 Å². The van der Waals surface area contributed by atoms with Crippen LogP contribution in [0.25, 0.3) is 11.3 Å². The molecule has 0 saturated heterocycles. The molecule has 1 atom stereocenters. The van der Waals surface area contributed by atoms with Gasteiger partial charge in [0.05, 0.1) is 5.69 Å². The number of hydrogen-bond donors (Lipinski definition) is 2. The van der Waals surface area contributed by atoms with Crippen molar-refractivity contribution < 1.29 is 14.3 Å². The second-order valence-electron chi connectivity index (χ2n) is 8.15. The molecule has 0 fully saturated rings. The highest BCUT2D eigenvalue weighted by Crippen LogP contribution is 2.21. The second kappa shape index (κ2) is 9.42. The van der Waals surface area contributed by atoms with Gasteiger partial charge in [0.1, 0.15) is 17.5 Å². The van der Waals surface area contributed by atoms with Crippen LogP contribution >= 0.6 is 0 Å². The Morgan fingerprint density at radius 1 is 1.10 bits per heavy atom. The summed E-state index contributed by atoms with van der Waals surface area (Å²) in [7, 11) is 1.74. The standard InChI is InChI=1S/C23H27N5O3/c1-23(2,3)31-22(30)25-19(14-16-8-6-5-7-9-16)21(29)26-20-15-18(27-28(20)4)17-10-12-24-13-11-17/h5-13,15,19H,14H2,1-4H3,(H,25,30)(H,26,29)/t19-/m0/s1. The number of ether oxygens (including phenoxy) is 1. The van der Waals surface area contributed by atoms with Crippen LogP contribution in [0.1, 0.15) is 26.3 Å². The highest BCUT2D eigenvalue weighted by atomic mass is 16.6. The summed E-state index contributed by atoms with van der Waals surface area (Å²) < 4.78 is 6.92. The number of rotatable bonds is 6. The van der Waals surface area contributed by atoms with Gasteiger partial charge in [-0.05, 0) is 38.5 Å². The molecule has 0 bridgehead atoms. The predicted octanol–water partition coefficient (Wildman–Crippen LogP) is 3.56. The summed E-state index contributed by atoms with van der Waals surface area (Å²) in [6, 6.07) is 14.1. The fourth-order valence-electron chi connectivity index (χ4n) is 2.97. The minimum absolute atomic E-state index is 0.320. The van der Waals surface area contributed by atoms with Gasteiger partial charge < -0.3 is 15.4 Å². The lowest BCUT2D eigenvalue weighted by molar-refractivity contribution is -0.118. The quantitative estimate of drug-likeness (QED) is 0.634. The third-order valence-electron chi connectivity index (χ3n) is 4.40. The SMILES string of the molecule is Cn1nc(-c2ccncc2)cc1NC(=O)[C@H](Cc1ccccc1)NC(=O)OC(C)(C)C. The topological polar surface area (TPSA) is 98.1 Å². The van der Waals surface area contributed by atoms with Crippen molar-refractivity contribution in [2.75, 3.05) is 5.32 Å². The van der Waals surface area contributed by atoms with Gasteiger partial charge in [-0.2, -0.15) is 5.10 Å². The Bertz CT molecular complexity index is 1030. The van der Waals surface area contributed by atoms with Gasteiger partial charge in [-0.1, -0.05) is 30.3 Å². The predicted molar refractivity (Wildman–Crippen MR) is 118 cm³/mol. The Morgan fingerprint density at radius 3 is 2.42 bits per heavy atom. The number of carbonyl (C=O) groups is 2. The van der Waals surface area contributed by atoms with Crippen molar-refractivity contribution in [1.82, 2.24) is 20.1 Å². The first-order valence-electron chi connectivity index (χ1n) is 10.00. The number of hydrogen-bond acceptors (Lipinski definition) is 5. The van der Waals surface area contributed by atoms with Gasteiger partial charge in [-0.3, -0.25) is 14.5 Å². The fourth-order valence-corrected chi connectivity index (χ4v) is 2.97. The average molecular weight is 422 g/mol. The fraction of sp³-hybridized carbons (Fsp3) is 0.304. The number of nitrogens with one attached hydrogen (secondary N) is 2. The molecule has 2 heterocycles. The Labute approximate surface area is 181 Å². The molecule has 0 aliphatic rings. The summed E-state index contributed by atoms with van der Waals surface area (Å²) in [6.45, 7) is 5.32. The third kappa shape index (κ3) is 6.40. The Hall–Kier alpha value is -3.68. The van der Waals surface area contributed by atoms with Crippen molar-refractivity contribution >= 4 is 17.8 Å². The lowest BCUT2D eigenvalue weighted by Crippen LogP contribution is -2.47. The summed E-state index contributed by atoms with van der Waals surface area (Å²) in [5.74, 6) is 0.153. The van der Waals surface area contributed by atoms with E-state index in [0.717, 1.165) is 11.1 Å². The van der Waals surface area contributed by atoms with Gasteiger partial charge in [-0.25, -0.2) is 4.79 Å².